The highest BCUT2D eigenvalue weighted by Gasteiger charge is 2.33. The summed E-state index contributed by atoms with van der Waals surface area (Å²) in [4.78, 5) is 41.0. The van der Waals surface area contributed by atoms with Crippen molar-refractivity contribution in [3.8, 4) is 5.75 Å². The molecule has 1 fully saturated rings. The quantitative estimate of drug-likeness (QED) is 0.669. The zero-order valence-corrected chi connectivity index (χ0v) is 19.2. The SMILES string of the molecule is Cc1ccc2c(c1)N(CC(=O)N(CC(=O)NC1CCCC1)c1cccc(C(F)(F)F)c1)C(=O)CO2. The van der Waals surface area contributed by atoms with Gasteiger partial charge < -0.3 is 15.0 Å². The van der Waals surface area contributed by atoms with Gasteiger partial charge in [-0.05, 0) is 55.7 Å². The molecule has 186 valence electrons. The largest absolute Gasteiger partial charge is 0.482 e. The molecule has 0 aromatic heterocycles. The molecule has 0 bridgehead atoms. The van der Waals surface area contributed by atoms with Crippen LogP contribution in [0.5, 0.6) is 5.75 Å². The molecule has 3 amide bonds. The molecule has 2 aromatic rings. The summed E-state index contributed by atoms with van der Waals surface area (Å²) in [6.07, 6.45) is -1.00. The van der Waals surface area contributed by atoms with E-state index in [0.29, 0.717) is 11.4 Å². The van der Waals surface area contributed by atoms with E-state index in [2.05, 4.69) is 5.32 Å². The number of anilines is 2. The standard InChI is InChI=1S/C25H26F3N3O4/c1-16-9-10-21-20(11-16)31(24(34)15-35-21)14-23(33)30(13-22(32)29-18-6-2-3-7-18)19-8-4-5-17(12-19)25(26,27)28/h4-5,8-12,18H,2-3,6-7,13-15H2,1H3,(H,29,32). The Hall–Kier alpha value is -3.56. The number of aryl methyl sites for hydroxylation is 1. The monoisotopic (exact) mass is 489 g/mol. The molecule has 0 saturated heterocycles. The Bertz CT molecular complexity index is 1130. The Morgan fingerprint density at radius 3 is 2.60 bits per heavy atom. The molecule has 0 atom stereocenters. The molecule has 1 aliphatic heterocycles. The van der Waals surface area contributed by atoms with Crippen LogP contribution in [-0.4, -0.2) is 43.5 Å². The van der Waals surface area contributed by atoms with Crippen molar-refractivity contribution in [2.75, 3.05) is 29.5 Å². The van der Waals surface area contributed by atoms with Crippen molar-refractivity contribution in [2.24, 2.45) is 0 Å². The number of hydrogen-bond donors (Lipinski definition) is 1. The Morgan fingerprint density at radius 2 is 1.89 bits per heavy atom. The lowest BCUT2D eigenvalue weighted by atomic mass is 10.1. The number of carbonyl (C=O) groups excluding carboxylic acids is 3. The van der Waals surface area contributed by atoms with Gasteiger partial charge in [0.1, 0.15) is 18.8 Å². The molecule has 0 spiro atoms. The van der Waals surface area contributed by atoms with Crippen LogP contribution in [0.2, 0.25) is 0 Å². The van der Waals surface area contributed by atoms with Crippen molar-refractivity contribution in [1.29, 1.82) is 0 Å². The van der Waals surface area contributed by atoms with Crippen LogP contribution in [0.25, 0.3) is 0 Å². The number of benzene rings is 2. The number of ether oxygens (including phenoxy) is 1. The molecule has 0 unspecified atom stereocenters. The van der Waals surface area contributed by atoms with Crippen LogP contribution >= 0.6 is 0 Å². The Morgan fingerprint density at radius 1 is 1.14 bits per heavy atom. The first-order valence-corrected chi connectivity index (χ1v) is 11.4. The number of alkyl halides is 3. The molecule has 7 nitrogen and oxygen atoms in total. The van der Waals surface area contributed by atoms with Gasteiger partial charge in [0.25, 0.3) is 5.91 Å². The first-order valence-electron chi connectivity index (χ1n) is 11.4. The maximum absolute atomic E-state index is 13.4. The van der Waals surface area contributed by atoms with Gasteiger partial charge in [-0.2, -0.15) is 13.2 Å². The average Bonchev–Trinajstić information content (AvgIpc) is 3.32. The van der Waals surface area contributed by atoms with Crippen LogP contribution in [0.15, 0.2) is 42.5 Å². The van der Waals surface area contributed by atoms with Crippen molar-refractivity contribution >= 4 is 29.1 Å². The van der Waals surface area contributed by atoms with E-state index in [1.54, 1.807) is 18.2 Å². The fraction of sp³-hybridized carbons (Fsp3) is 0.400. The minimum absolute atomic E-state index is 0.0170. The van der Waals surface area contributed by atoms with Crippen LogP contribution in [0.1, 0.15) is 36.8 Å². The Balaban J connectivity index is 1.62. The third kappa shape index (κ3) is 5.75. The second-order valence-electron chi connectivity index (χ2n) is 8.82. The van der Waals surface area contributed by atoms with Crippen molar-refractivity contribution in [3.05, 3.63) is 53.6 Å². The van der Waals surface area contributed by atoms with E-state index < -0.39 is 42.6 Å². The van der Waals surface area contributed by atoms with Crippen LogP contribution < -0.4 is 19.9 Å². The number of nitrogens with one attached hydrogen (secondary N) is 1. The molecule has 1 aliphatic carbocycles. The second kappa shape index (κ2) is 9.97. The number of nitrogens with zero attached hydrogens (tertiary/aromatic N) is 2. The van der Waals surface area contributed by atoms with Crippen molar-refractivity contribution in [2.45, 2.75) is 44.8 Å². The summed E-state index contributed by atoms with van der Waals surface area (Å²) in [6.45, 7) is 0.637. The lowest BCUT2D eigenvalue weighted by Crippen LogP contribution is -2.49. The summed E-state index contributed by atoms with van der Waals surface area (Å²) >= 11 is 0. The fourth-order valence-electron chi connectivity index (χ4n) is 4.37. The predicted molar refractivity (Wildman–Crippen MR) is 123 cm³/mol. The van der Waals surface area contributed by atoms with Crippen LogP contribution in [0.3, 0.4) is 0 Å². The van der Waals surface area contributed by atoms with Gasteiger partial charge >= 0.3 is 6.18 Å². The van der Waals surface area contributed by atoms with Crippen LogP contribution in [-0.2, 0) is 20.6 Å². The fourth-order valence-corrected chi connectivity index (χ4v) is 4.37. The molecular formula is C25H26F3N3O4. The smallest absolute Gasteiger partial charge is 0.416 e. The van der Waals surface area contributed by atoms with Crippen LogP contribution in [0.4, 0.5) is 24.5 Å². The number of hydrogen-bond acceptors (Lipinski definition) is 4. The first kappa shape index (κ1) is 24.6. The predicted octanol–water partition coefficient (Wildman–Crippen LogP) is 3.83. The molecule has 2 aliphatic rings. The molecule has 4 rings (SSSR count). The summed E-state index contributed by atoms with van der Waals surface area (Å²) in [5.41, 5.74) is 0.225. The summed E-state index contributed by atoms with van der Waals surface area (Å²) in [7, 11) is 0. The molecule has 0 radical (unpaired) electrons. The zero-order chi connectivity index (χ0) is 25.2. The summed E-state index contributed by atoms with van der Waals surface area (Å²) in [6, 6.07) is 9.43. The number of amides is 3. The molecule has 1 N–H and O–H groups in total. The van der Waals surface area contributed by atoms with Crippen molar-refractivity contribution in [3.63, 3.8) is 0 Å². The highest BCUT2D eigenvalue weighted by Crippen LogP contribution is 2.34. The van der Waals surface area contributed by atoms with E-state index in [9.17, 15) is 27.6 Å². The molecule has 10 heteroatoms. The van der Waals surface area contributed by atoms with E-state index in [1.807, 2.05) is 6.92 Å². The summed E-state index contributed by atoms with van der Waals surface area (Å²) in [5.74, 6) is -1.19. The van der Waals surface area contributed by atoms with E-state index in [0.717, 1.165) is 48.3 Å². The number of rotatable bonds is 6. The number of halogens is 3. The van der Waals surface area contributed by atoms with Gasteiger partial charge in [-0.25, -0.2) is 0 Å². The highest BCUT2D eigenvalue weighted by molar-refractivity contribution is 6.07. The maximum Gasteiger partial charge on any atom is 0.416 e. The minimum atomic E-state index is -4.62. The topological polar surface area (TPSA) is 79.0 Å². The van der Waals surface area contributed by atoms with Gasteiger partial charge in [0.2, 0.25) is 11.8 Å². The Labute approximate surface area is 200 Å². The van der Waals surface area contributed by atoms with E-state index in [4.69, 9.17) is 4.74 Å². The minimum Gasteiger partial charge on any atom is -0.482 e. The maximum atomic E-state index is 13.4. The molecule has 1 saturated carbocycles. The molecule has 1 heterocycles. The lowest BCUT2D eigenvalue weighted by Gasteiger charge is -2.31. The number of carbonyl (C=O) groups is 3. The van der Waals surface area contributed by atoms with Gasteiger partial charge in [-0.1, -0.05) is 25.0 Å². The zero-order valence-electron chi connectivity index (χ0n) is 19.2. The number of fused-ring (bicyclic) bond motifs is 1. The average molecular weight is 489 g/mol. The van der Waals surface area contributed by atoms with Crippen molar-refractivity contribution in [1.82, 2.24) is 5.32 Å². The first-order chi connectivity index (χ1) is 16.6. The van der Waals surface area contributed by atoms with E-state index in [1.165, 1.54) is 17.0 Å². The van der Waals surface area contributed by atoms with Crippen LogP contribution in [0, 0.1) is 6.92 Å². The normalized spacial score (nSPS) is 16.0. The molecule has 2 aromatic carbocycles. The van der Waals surface area contributed by atoms with Crippen molar-refractivity contribution < 1.29 is 32.3 Å². The highest BCUT2D eigenvalue weighted by atomic mass is 19.4. The molecular weight excluding hydrogens is 463 g/mol. The van der Waals surface area contributed by atoms with Gasteiger partial charge in [0.15, 0.2) is 6.61 Å². The summed E-state index contributed by atoms with van der Waals surface area (Å²) < 4.78 is 45.5. The van der Waals surface area contributed by atoms with Gasteiger partial charge in [0, 0.05) is 11.7 Å². The van der Waals surface area contributed by atoms with Gasteiger partial charge in [0.05, 0.1) is 11.3 Å². The van der Waals surface area contributed by atoms with E-state index >= 15 is 0 Å². The third-order valence-corrected chi connectivity index (χ3v) is 6.16. The third-order valence-electron chi connectivity index (χ3n) is 6.16. The summed E-state index contributed by atoms with van der Waals surface area (Å²) in [5, 5.41) is 2.86. The van der Waals surface area contributed by atoms with Gasteiger partial charge in [-0.15, -0.1) is 0 Å². The molecule has 35 heavy (non-hydrogen) atoms. The second-order valence-corrected chi connectivity index (χ2v) is 8.82. The lowest BCUT2D eigenvalue weighted by molar-refractivity contribution is -0.137. The Kier molecular flexibility index (Phi) is 7.00. The van der Waals surface area contributed by atoms with E-state index in [-0.39, 0.29) is 18.3 Å². The van der Waals surface area contributed by atoms with Gasteiger partial charge in [-0.3, -0.25) is 19.3 Å².